The molecule has 0 aliphatic heterocycles. The first-order chi connectivity index (χ1) is 11.6. The average molecular weight is 367 g/mol. The third-order valence-corrected chi connectivity index (χ3v) is 7.94. The standard InChI is InChI=1S/C17H21NO4S2/c19-17(13-6-2-1-3-7-13)18-12-15(14-8-4-10-22-14)24(20,21)16-9-5-11-23-16/h4-5,8-11,13,15H,1-3,6-7,12H2,(H,18,19)/t15-/m1/s1. The van der Waals surface area contributed by atoms with Crippen molar-refractivity contribution in [2.45, 2.75) is 41.6 Å². The largest absolute Gasteiger partial charge is 0.468 e. The number of furan rings is 1. The van der Waals surface area contributed by atoms with Gasteiger partial charge in [-0.05, 0) is 36.4 Å². The molecule has 1 N–H and O–H groups in total. The first kappa shape index (κ1) is 17.2. The van der Waals surface area contributed by atoms with Gasteiger partial charge in [0.05, 0.1) is 6.26 Å². The Labute approximate surface area is 146 Å². The molecule has 1 aliphatic carbocycles. The Hall–Kier alpha value is -1.60. The van der Waals surface area contributed by atoms with Crippen molar-refractivity contribution in [3.8, 4) is 0 Å². The number of carbonyl (C=O) groups is 1. The molecule has 5 nitrogen and oxygen atoms in total. The minimum Gasteiger partial charge on any atom is -0.468 e. The predicted octanol–water partition coefficient (Wildman–Crippen LogP) is 3.55. The quantitative estimate of drug-likeness (QED) is 0.847. The van der Waals surface area contributed by atoms with E-state index in [1.54, 1.807) is 29.6 Å². The Balaban J connectivity index is 1.75. The molecular weight excluding hydrogens is 346 g/mol. The van der Waals surface area contributed by atoms with Crippen LogP contribution in [-0.4, -0.2) is 20.9 Å². The summed E-state index contributed by atoms with van der Waals surface area (Å²) in [5, 5.41) is 3.66. The summed E-state index contributed by atoms with van der Waals surface area (Å²) in [6.07, 6.45) is 6.52. The summed E-state index contributed by atoms with van der Waals surface area (Å²) in [7, 11) is -3.60. The van der Waals surface area contributed by atoms with Gasteiger partial charge in [0.25, 0.3) is 0 Å². The summed E-state index contributed by atoms with van der Waals surface area (Å²) in [5.74, 6) is 0.306. The fourth-order valence-corrected chi connectivity index (χ4v) is 5.90. The van der Waals surface area contributed by atoms with Crippen LogP contribution in [0.4, 0.5) is 0 Å². The molecule has 3 rings (SSSR count). The summed E-state index contributed by atoms with van der Waals surface area (Å²) in [6, 6.07) is 6.59. The van der Waals surface area contributed by atoms with Crippen molar-refractivity contribution in [1.82, 2.24) is 5.32 Å². The van der Waals surface area contributed by atoms with E-state index in [9.17, 15) is 13.2 Å². The summed E-state index contributed by atoms with van der Waals surface area (Å²) >= 11 is 1.18. The molecule has 7 heteroatoms. The van der Waals surface area contributed by atoms with Gasteiger partial charge in [0, 0.05) is 12.5 Å². The van der Waals surface area contributed by atoms with Crippen LogP contribution in [0.1, 0.15) is 43.1 Å². The molecule has 1 saturated carbocycles. The maximum absolute atomic E-state index is 12.9. The van der Waals surface area contributed by atoms with Crippen molar-refractivity contribution in [2.75, 3.05) is 6.54 Å². The topological polar surface area (TPSA) is 76.4 Å². The number of sulfone groups is 1. The zero-order valence-electron chi connectivity index (χ0n) is 13.3. The third-order valence-electron chi connectivity index (χ3n) is 4.45. The Morgan fingerprint density at radius 2 is 2.04 bits per heavy atom. The number of rotatable bonds is 6. The van der Waals surface area contributed by atoms with E-state index >= 15 is 0 Å². The number of hydrogen-bond acceptors (Lipinski definition) is 5. The second kappa shape index (κ2) is 7.53. The molecule has 24 heavy (non-hydrogen) atoms. The minimum atomic E-state index is -3.60. The Bertz CT molecular complexity index is 745. The SMILES string of the molecule is O=C(NC[C@H](c1ccco1)S(=O)(=O)c1cccs1)C1CCCCC1. The van der Waals surface area contributed by atoms with Gasteiger partial charge < -0.3 is 9.73 Å². The van der Waals surface area contributed by atoms with Gasteiger partial charge in [0.15, 0.2) is 9.84 Å². The van der Waals surface area contributed by atoms with E-state index in [4.69, 9.17) is 4.42 Å². The number of amides is 1. The first-order valence-corrected chi connectivity index (χ1v) is 10.6. The van der Waals surface area contributed by atoms with E-state index in [1.165, 1.54) is 24.0 Å². The van der Waals surface area contributed by atoms with Crippen molar-refractivity contribution >= 4 is 27.1 Å². The monoisotopic (exact) mass is 367 g/mol. The second-order valence-corrected chi connectivity index (χ2v) is 9.37. The molecule has 1 atom stereocenters. The molecule has 1 aliphatic rings. The number of carbonyl (C=O) groups excluding carboxylic acids is 1. The maximum atomic E-state index is 12.9. The van der Waals surface area contributed by atoms with Crippen LogP contribution in [0.2, 0.25) is 0 Å². The maximum Gasteiger partial charge on any atom is 0.223 e. The average Bonchev–Trinajstić information content (AvgIpc) is 3.29. The van der Waals surface area contributed by atoms with Crippen LogP contribution in [-0.2, 0) is 14.6 Å². The second-order valence-electron chi connectivity index (χ2n) is 6.06. The first-order valence-electron chi connectivity index (χ1n) is 8.17. The zero-order valence-corrected chi connectivity index (χ0v) is 14.9. The molecule has 2 heterocycles. The molecular formula is C17H21NO4S2. The van der Waals surface area contributed by atoms with Crippen molar-refractivity contribution in [1.29, 1.82) is 0 Å². The fraction of sp³-hybridized carbons (Fsp3) is 0.471. The van der Waals surface area contributed by atoms with Gasteiger partial charge in [0.2, 0.25) is 5.91 Å². The lowest BCUT2D eigenvalue weighted by molar-refractivity contribution is -0.125. The third kappa shape index (κ3) is 3.72. The Morgan fingerprint density at radius 3 is 2.67 bits per heavy atom. The fourth-order valence-electron chi connectivity index (χ4n) is 3.11. The molecule has 0 aromatic carbocycles. The van der Waals surface area contributed by atoms with E-state index in [0.717, 1.165) is 25.7 Å². The van der Waals surface area contributed by atoms with Crippen LogP contribution in [0.25, 0.3) is 0 Å². The molecule has 0 saturated heterocycles. The van der Waals surface area contributed by atoms with Gasteiger partial charge in [-0.25, -0.2) is 8.42 Å². The molecule has 0 spiro atoms. The van der Waals surface area contributed by atoms with E-state index in [1.807, 2.05) is 0 Å². The highest BCUT2D eigenvalue weighted by Gasteiger charge is 2.33. The van der Waals surface area contributed by atoms with Crippen molar-refractivity contribution in [2.24, 2.45) is 5.92 Å². The van der Waals surface area contributed by atoms with E-state index in [-0.39, 0.29) is 22.6 Å². The summed E-state index contributed by atoms with van der Waals surface area (Å²) < 4.78 is 31.4. The minimum absolute atomic E-state index is 0.000410. The highest BCUT2D eigenvalue weighted by atomic mass is 32.2. The van der Waals surface area contributed by atoms with Crippen molar-refractivity contribution < 1.29 is 17.6 Å². The molecule has 0 bridgehead atoms. The van der Waals surface area contributed by atoms with Crippen LogP contribution in [0, 0.1) is 5.92 Å². The van der Waals surface area contributed by atoms with Gasteiger partial charge >= 0.3 is 0 Å². The van der Waals surface area contributed by atoms with Gasteiger partial charge in [-0.3, -0.25) is 4.79 Å². The number of thiophene rings is 1. The number of nitrogens with one attached hydrogen (secondary N) is 1. The summed E-state index contributed by atoms with van der Waals surface area (Å²) in [6.45, 7) is 0.0308. The normalized spacial score (nSPS) is 17.5. The summed E-state index contributed by atoms with van der Waals surface area (Å²) in [5.41, 5.74) is 0. The van der Waals surface area contributed by atoms with E-state index in [2.05, 4.69) is 5.32 Å². The molecule has 2 aromatic rings. The van der Waals surface area contributed by atoms with Crippen LogP contribution in [0.15, 0.2) is 44.5 Å². The van der Waals surface area contributed by atoms with Gasteiger partial charge in [-0.2, -0.15) is 0 Å². The van der Waals surface area contributed by atoms with Gasteiger partial charge in [-0.15, -0.1) is 11.3 Å². The molecule has 1 amide bonds. The molecule has 0 unspecified atom stereocenters. The Morgan fingerprint density at radius 1 is 1.25 bits per heavy atom. The lowest BCUT2D eigenvalue weighted by atomic mass is 9.89. The zero-order chi connectivity index (χ0) is 17.0. The lowest BCUT2D eigenvalue weighted by Gasteiger charge is -2.22. The predicted molar refractivity (Wildman–Crippen MR) is 92.5 cm³/mol. The molecule has 1 fully saturated rings. The van der Waals surface area contributed by atoms with Crippen molar-refractivity contribution in [3.05, 3.63) is 41.7 Å². The highest BCUT2D eigenvalue weighted by Crippen LogP contribution is 2.31. The van der Waals surface area contributed by atoms with Crippen LogP contribution in [0.5, 0.6) is 0 Å². The highest BCUT2D eigenvalue weighted by molar-refractivity contribution is 7.93. The van der Waals surface area contributed by atoms with Crippen LogP contribution in [0.3, 0.4) is 0 Å². The molecule has 0 radical (unpaired) electrons. The van der Waals surface area contributed by atoms with Gasteiger partial charge in [-0.1, -0.05) is 25.3 Å². The molecule has 130 valence electrons. The summed E-state index contributed by atoms with van der Waals surface area (Å²) in [4.78, 5) is 12.4. The van der Waals surface area contributed by atoms with Crippen molar-refractivity contribution in [3.63, 3.8) is 0 Å². The van der Waals surface area contributed by atoms with E-state index in [0.29, 0.717) is 5.76 Å². The smallest absolute Gasteiger partial charge is 0.223 e. The Kier molecular flexibility index (Phi) is 5.40. The van der Waals surface area contributed by atoms with Gasteiger partial charge in [0.1, 0.15) is 15.2 Å². The van der Waals surface area contributed by atoms with Crippen LogP contribution < -0.4 is 5.32 Å². The molecule has 2 aromatic heterocycles. The lowest BCUT2D eigenvalue weighted by Crippen LogP contribution is -2.36. The van der Waals surface area contributed by atoms with Crippen LogP contribution >= 0.6 is 11.3 Å². The van der Waals surface area contributed by atoms with E-state index < -0.39 is 15.1 Å². The number of hydrogen-bond donors (Lipinski definition) is 1.